The molecular formula is C11H17BrN2O3S2. The molecule has 0 aromatic carbocycles. The Labute approximate surface area is 126 Å². The number of carbonyl (C=O) groups is 1. The van der Waals surface area contributed by atoms with Gasteiger partial charge in [-0.25, -0.2) is 8.42 Å². The van der Waals surface area contributed by atoms with Crippen molar-refractivity contribution in [2.75, 3.05) is 13.1 Å². The van der Waals surface area contributed by atoms with Crippen LogP contribution in [0.4, 0.5) is 0 Å². The van der Waals surface area contributed by atoms with Gasteiger partial charge in [0.25, 0.3) is 10.0 Å². The van der Waals surface area contributed by atoms with Crippen LogP contribution in [0.3, 0.4) is 0 Å². The second kappa shape index (κ2) is 6.83. The number of nitrogens with one attached hydrogen (secondary N) is 1. The SMILES string of the molecule is CCN(CC(=O)NC(C)C)S(=O)(=O)c1ccc(Br)s1. The normalized spacial score (nSPS) is 12.1. The first kappa shape index (κ1) is 16.6. The maximum absolute atomic E-state index is 12.3. The molecule has 108 valence electrons. The van der Waals surface area contributed by atoms with Gasteiger partial charge in [0.15, 0.2) is 0 Å². The summed E-state index contributed by atoms with van der Waals surface area (Å²) in [5.41, 5.74) is 0. The van der Waals surface area contributed by atoms with Crippen LogP contribution in [-0.4, -0.2) is 37.8 Å². The molecule has 1 heterocycles. The number of rotatable bonds is 6. The number of nitrogens with zero attached hydrogens (tertiary/aromatic N) is 1. The molecule has 19 heavy (non-hydrogen) atoms. The third kappa shape index (κ3) is 4.55. The molecule has 0 aliphatic carbocycles. The molecule has 1 amide bonds. The van der Waals surface area contributed by atoms with Crippen molar-refractivity contribution in [1.82, 2.24) is 9.62 Å². The predicted molar refractivity (Wildman–Crippen MR) is 79.7 cm³/mol. The third-order valence-corrected chi connectivity index (χ3v) is 6.28. The number of halogens is 1. The number of carbonyl (C=O) groups excluding carboxylic acids is 1. The summed E-state index contributed by atoms with van der Waals surface area (Å²) in [5.74, 6) is -0.295. The first-order valence-electron chi connectivity index (χ1n) is 5.82. The Kier molecular flexibility index (Phi) is 5.97. The zero-order valence-corrected chi connectivity index (χ0v) is 14.2. The molecule has 8 heteroatoms. The van der Waals surface area contributed by atoms with E-state index >= 15 is 0 Å². The van der Waals surface area contributed by atoms with E-state index in [1.54, 1.807) is 13.0 Å². The van der Waals surface area contributed by atoms with Gasteiger partial charge in [-0.05, 0) is 41.9 Å². The van der Waals surface area contributed by atoms with Gasteiger partial charge in [-0.3, -0.25) is 4.79 Å². The quantitative estimate of drug-likeness (QED) is 0.835. The molecule has 0 aliphatic rings. The Morgan fingerprint density at radius 2 is 2.11 bits per heavy atom. The summed E-state index contributed by atoms with van der Waals surface area (Å²) < 4.78 is 26.8. The van der Waals surface area contributed by atoms with Crippen molar-refractivity contribution >= 4 is 43.2 Å². The average molecular weight is 369 g/mol. The van der Waals surface area contributed by atoms with E-state index in [9.17, 15) is 13.2 Å². The van der Waals surface area contributed by atoms with Gasteiger partial charge in [-0.2, -0.15) is 4.31 Å². The topological polar surface area (TPSA) is 66.5 Å². The first-order chi connectivity index (χ1) is 8.77. The van der Waals surface area contributed by atoms with Crippen LogP contribution in [0.1, 0.15) is 20.8 Å². The zero-order chi connectivity index (χ0) is 14.6. The van der Waals surface area contributed by atoms with Crippen LogP contribution in [0.2, 0.25) is 0 Å². The molecule has 5 nitrogen and oxygen atoms in total. The van der Waals surface area contributed by atoms with Crippen molar-refractivity contribution < 1.29 is 13.2 Å². The van der Waals surface area contributed by atoms with Crippen LogP contribution in [0.5, 0.6) is 0 Å². The van der Waals surface area contributed by atoms with Gasteiger partial charge in [0, 0.05) is 12.6 Å². The standard InChI is InChI=1S/C11H17BrN2O3S2/c1-4-14(7-10(15)13-8(2)3)19(16,17)11-6-5-9(12)18-11/h5-6,8H,4,7H2,1-3H3,(H,13,15). The van der Waals surface area contributed by atoms with Crippen molar-refractivity contribution in [3.63, 3.8) is 0 Å². The lowest BCUT2D eigenvalue weighted by molar-refractivity contribution is -0.121. The van der Waals surface area contributed by atoms with Gasteiger partial charge in [-0.1, -0.05) is 6.92 Å². The summed E-state index contributed by atoms with van der Waals surface area (Å²) in [4.78, 5) is 11.7. The van der Waals surface area contributed by atoms with Crippen LogP contribution in [0.15, 0.2) is 20.1 Å². The van der Waals surface area contributed by atoms with Gasteiger partial charge in [0.05, 0.1) is 10.3 Å². The summed E-state index contributed by atoms with van der Waals surface area (Å²) in [6.07, 6.45) is 0. The molecule has 0 spiro atoms. The lowest BCUT2D eigenvalue weighted by atomic mass is 10.4. The van der Waals surface area contributed by atoms with Gasteiger partial charge in [-0.15, -0.1) is 11.3 Å². The smallest absolute Gasteiger partial charge is 0.253 e. The monoisotopic (exact) mass is 368 g/mol. The fourth-order valence-corrected chi connectivity index (χ4v) is 5.03. The minimum atomic E-state index is -3.60. The molecular weight excluding hydrogens is 352 g/mol. The second-order valence-corrected chi connectivity index (χ2v) is 8.84. The Morgan fingerprint density at radius 3 is 2.53 bits per heavy atom. The number of hydrogen-bond acceptors (Lipinski definition) is 4. The average Bonchev–Trinajstić information content (AvgIpc) is 2.72. The maximum Gasteiger partial charge on any atom is 0.253 e. The van der Waals surface area contributed by atoms with Gasteiger partial charge < -0.3 is 5.32 Å². The number of thiophene rings is 1. The molecule has 0 fully saturated rings. The highest BCUT2D eigenvalue weighted by molar-refractivity contribution is 9.11. The largest absolute Gasteiger partial charge is 0.353 e. The minimum absolute atomic E-state index is 0.00945. The van der Waals surface area contributed by atoms with Crippen molar-refractivity contribution in [2.45, 2.75) is 31.0 Å². The van der Waals surface area contributed by atoms with Crippen molar-refractivity contribution in [3.05, 3.63) is 15.9 Å². The fourth-order valence-electron chi connectivity index (χ4n) is 1.46. The molecule has 0 radical (unpaired) electrons. The molecule has 1 aromatic rings. The van der Waals surface area contributed by atoms with E-state index in [4.69, 9.17) is 0 Å². The fraction of sp³-hybridized carbons (Fsp3) is 0.545. The molecule has 0 atom stereocenters. The van der Waals surface area contributed by atoms with Crippen molar-refractivity contribution in [1.29, 1.82) is 0 Å². The Bertz CT molecular complexity index is 540. The van der Waals surface area contributed by atoms with E-state index in [-0.39, 0.29) is 29.2 Å². The maximum atomic E-state index is 12.3. The highest BCUT2D eigenvalue weighted by Crippen LogP contribution is 2.28. The molecule has 1 rings (SSSR count). The van der Waals surface area contributed by atoms with E-state index in [1.807, 2.05) is 13.8 Å². The third-order valence-electron chi connectivity index (χ3n) is 2.27. The van der Waals surface area contributed by atoms with Crippen LogP contribution in [-0.2, 0) is 14.8 Å². The van der Waals surface area contributed by atoms with E-state index in [0.29, 0.717) is 0 Å². The predicted octanol–water partition coefficient (Wildman–Crippen LogP) is 2.05. The summed E-state index contributed by atoms with van der Waals surface area (Å²) >= 11 is 4.37. The molecule has 0 bridgehead atoms. The lowest BCUT2D eigenvalue weighted by Crippen LogP contribution is -2.42. The van der Waals surface area contributed by atoms with E-state index in [1.165, 1.54) is 10.4 Å². The molecule has 0 unspecified atom stereocenters. The summed E-state index contributed by atoms with van der Waals surface area (Å²) in [7, 11) is -3.60. The minimum Gasteiger partial charge on any atom is -0.353 e. The van der Waals surface area contributed by atoms with E-state index < -0.39 is 10.0 Å². The van der Waals surface area contributed by atoms with Gasteiger partial charge in [0.2, 0.25) is 5.91 Å². The Morgan fingerprint density at radius 1 is 1.47 bits per heavy atom. The molecule has 0 saturated heterocycles. The molecule has 0 saturated carbocycles. The summed E-state index contributed by atoms with van der Waals surface area (Å²) in [5, 5.41) is 2.69. The first-order valence-corrected chi connectivity index (χ1v) is 8.87. The van der Waals surface area contributed by atoms with Gasteiger partial charge >= 0.3 is 0 Å². The highest BCUT2D eigenvalue weighted by atomic mass is 79.9. The zero-order valence-electron chi connectivity index (χ0n) is 11.0. The number of hydrogen-bond donors (Lipinski definition) is 1. The van der Waals surface area contributed by atoms with Crippen LogP contribution >= 0.6 is 27.3 Å². The summed E-state index contributed by atoms with van der Waals surface area (Å²) in [6, 6.07) is 3.21. The Hall–Kier alpha value is -0.440. The lowest BCUT2D eigenvalue weighted by Gasteiger charge is -2.19. The number of amides is 1. The highest BCUT2D eigenvalue weighted by Gasteiger charge is 2.26. The van der Waals surface area contributed by atoms with Crippen LogP contribution < -0.4 is 5.32 Å². The Balaban J connectivity index is 2.87. The van der Waals surface area contributed by atoms with Crippen molar-refractivity contribution in [2.24, 2.45) is 0 Å². The molecule has 0 aliphatic heterocycles. The molecule has 1 aromatic heterocycles. The summed E-state index contributed by atoms with van der Waals surface area (Å²) in [6.45, 7) is 5.47. The van der Waals surface area contributed by atoms with Gasteiger partial charge in [0.1, 0.15) is 4.21 Å². The number of likely N-dealkylation sites (N-methyl/N-ethyl adjacent to an activating group) is 1. The van der Waals surface area contributed by atoms with E-state index in [0.717, 1.165) is 15.1 Å². The second-order valence-electron chi connectivity index (χ2n) is 4.21. The van der Waals surface area contributed by atoms with E-state index in [2.05, 4.69) is 21.2 Å². The van der Waals surface area contributed by atoms with Crippen LogP contribution in [0, 0.1) is 0 Å². The van der Waals surface area contributed by atoms with Crippen molar-refractivity contribution in [3.8, 4) is 0 Å². The van der Waals surface area contributed by atoms with Crippen LogP contribution in [0.25, 0.3) is 0 Å². The number of sulfonamides is 1. The molecule has 1 N–H and O–H groups in total.